The molecule has 1 heterocycles. The minimum atomic E-state index is -0.0825. The number of carbonyl (C=O) groups excluding carboxylic acids is 1. The van der Waals surface area contributed by atoms with E-state index in [1.807, 2.05) is 4.68 Å². The number of anilines is 1. The van der Waals surface area contributed by atoms with Crippen molar-refractivity contribution in [2.24, 2.45) is 5.92 Å². The third kappa shape index (κ3) is 3.81. The molecule has 2 rings (SSSR count). The highest BCUT2D eigenvalue weighted by atomic mass is 16.5. The van der Waals surface area contributed by atoms with Crippen LogP contribution < -0.4 is 10.5 Å². The van der Waals surface area contributed by atoms with Crippen LogP contribution in [-0.4, -0.2) is 20.5 Å². The Hall–Kier alpha value is -2.37. The number of nitrogens with zero attached hydrogens (tertiary/aromatic N) is 3. The smallest absolute Gasteiger partial charge is 0.164 e. The molecule has 2 aromatic rings. The Balaban J connectivity index is 2.14. The summed E-state index contributed by atoms with van der Waals surface area (Å²) in [5, 5.41) is 4.18. The highest BCUT2D eigenvalue weighted by Crippen LogP contribution is 2.22. The van der Waals surface area contributed by atoms with E-state index in [0.29, 0.717) is 22.9 Å². The van der Waals surface area contributed by atoms with E-state index in [1.54, 1.807) is 18.2 Å². The molecule has 0 spiro atoms. The summed E-state index contributed by atoms with van der Waals surface area (Å²) >= 11 is 0. The number of rotatable bonds is 6. The predicted molar refractivity (Wildman–Crippen MR) is 80.1 cm³/mol. The van der Waals surface area contributed by atoms with Gasteiger partial charge in [-0.25, -0.2) is 9.67 Å². The number of carbonyl (C=O) groups is 1. The van der Waals surface area contributed by atoms with Crippen molar-refractivity contribution in [3.63, 3.8) is 0 Å². The van der Waals surface area contributed by atoms with Gasteiger partial charge in [0, 0.05) is 12.2 Å². The number of benzene rings is 1. The van der Waals surface area contributed by atoms with Crippen LogP contribution in [0.15, 0.2) is 24.5 Å². The lowest BCUT2D eigenvalue weighted by molar-refractivity contribution is 0.101. The number of aromatic nitrogens is 3. The van der Waals surface area contributed by atoms with Crippen molar-refractivity contribution in [2.75, 3.05) is 5.73 Å². The largest absolute Gasteiger partial charge is 0.485 e. The number of nitrogen functional groups attached to an aromatic ring is 1. The molecule has 0 amide bonds. The summed E-state index contributed by atoms with van der Waals surface area (Å²) in [4.78, 5) is 15.8. The molecule has 1 aromatic heterocycles. The summed E-state index contributed by atoms with van der Waals surface area (Å²) in [5.41, 5.74) is 6.72. The first-order valence-corrected chi connectivity index (χ1v) is 6.87. The second-order valence-electron chi connectivity index (χ2n) is 5.35. The zero-order chi connectivity index (χ0) is 15.4. The van der Waals surface area contributed by atoms with E-state index < -0.39 is 0 Å². The molecule has 21 heavy (non-hydrogen) atoms. The predicted octanol–water partition coefficient (Wildman–Crippen LogP) is 2.30. The third-order valence-electron chi connectivity index (χ3n) is 2.97. The van der Waals surface area contributed by atoms with E-state index >= 15 is 0 Å². The van der Waals surface area contributed by atoms with Gasteiger partial charge in [0.15, 0.2) is 11.6 Å². The summed E-state index contributed by atoms with van der Waals surface area (Å²) in [6, 6.07) is 5.03. The first-order chi connectivity index (χ1) is 9.97. The summed E-state index contributed by atoms with van der Waals surface area (Å²) in [5.74, 6) is 1.63. The van der Waals surface area contributed by atoms with E-state index in [2.05, 4.69) is 23.9 Å². The summed E-state index contributed by atoms with van der Waals surface area (Å²) in [6.07, 6.45) is 1.51. The Labute approximate surface area is 123 Å². The fourth-order valence-corrected chi connectivity index (χ4v) is 1.99. The molecule has 0 unspecified atom stereocenters. The summed E-state index contributed by atoms with van der Waals surface area (Å²) in [7, 11) is 0. The maximum absolute atomic E-state index is 11.6. The van der Waals surface area contributed by atoms with Crippen LogP contribution in [0.25, 0.3) is 0 Å². The average molecular weight is 288 g/mol. The minimum absolute atomic E-state index is 0.0825. The second-order valence-corrected chi connectivity index (χ2v) is 5.35. The van der Waals surface area contributed by atoms with Crippen molar-refractivity contribution in [1.29, 1.82) is 0 Å². The molecular weight excluding hydrogens is 268 g/mol. The van der Waals surface area contributed by atoms with Crippen LogP contribution in [0.3, 0.4) is 0 Å². The minimum Gasteiger partial charge on any atom is -0.485 e. The normalized spacial score (nSPS) is 10.9. The molecule has 2 N–H and O–H groups in total. The summed E-state index contributed by atoms with van der Waals surface area (Å²) in [6.45, 7) is 6.75. The van der Waals surface area contributed by atoms with Crippen LogP contribution in [0.5, 0.6) is 5.75 Å². The van der Waals surface area contributed by atoms with Gasteiger partial charge in [-0.3, -0.25) is 4.79 Å². The quantitative estimate of drug-likeness (QED) is 0.651. The highest BCUT2D eigenvalue weighted by molar-refractivity contribution is 5.97. The van der Waals surface area contributed by atoms with E-state index in [9.17, 15) is 4.79 Å². The number of ketones is 1. The summed E-state index contributed by atoms with van der Waals surface area (Å²) < 4.78 is 7.54. The maximum atomic E-state index is 11.6. The lowest BCUT2D eigenvalue weighted by Gasteiger charge is -2.12. The van der Waals surface area contributed by atoms with Gasteiger partial charge in [-0.05, 0) is 31.0 Å². The van der Waals surface area contributed by atoms with Crippen LogP contribution in [0.1, 0.15) is 37.0 Å². The van der Waals surface area contributed by atoms with Crippen molar-refractivity contribution in [1.82, 2.24) is 14.8 Å². The Kier molecular flexibility index (Phi) is 4.57. The van der Waals surface area contributed by atoms with Gasteiger partial charge in [0.25, 0.3) is 0 Å². The van der Waals surface area contributed by atoms with Gasteiger partial charge in [-0.15, -0.1) is 0 Å². The Morgan fingerprint density at radius 2 is 2.19 bits per heavy atom. The van der Waals surface area contributed by atoms with Crippen molar-refractivity contribution in [3.05, 3.63) is 35.9 Å². The van der Waals surface area contributed by atoms with E-state index in [0.717, 1.165) is 12.4 Å². The molecule has 0 aliphatic rings. The molecule has 6 heteroatoms. The monoisotopic (exact) mass is 288 g/mol. The zero-order valence-electron chi connectivity index (χ0n) is 12.5. The Morgan fingerprint density at radius 3 is 2.86 bits per heavy atom. The van der Waals surface area contributed by atoms with Crippen molar-refractivity contribution in [2.45, 2.75) is 33.9 Å². The molecule has 0 saturated carbocycles. The number of hydrogen-bond acceptors (Lipinski definition) is 5. The second kappa shape index (κ2) is 6.39. The fraction of sp³-hybridized carbons (Fsp3) is 0.400. The lowest BCUT2D eigenvalue weighted by atomic mass is 10.1. The van der Waals surface area contributed by atoms with E-state index in [1.165, 1.54) is 13.3 Å². The molecule has 112 valence electrons. The third-order valence-corrected chi connectivity index (χ3v) is 2.97. The molecule has 0 bridgehead atoms. The van der Waals surface area contributed by atoms with Crippen LogP contribution >= 0.6 is 0 Å². The lowest BCUT2D eigenvalue weighted by Crippen LogP contribution is -2.13. The Morgan fingerprint density at radius 1 is 1.43 bits per heavy atom. The average Bonchev–Trinajstić information content (AvgIpc) is 2.83. The van der Waals surface area contributed by atoms with Gasteiger partial charge < -0.3 is 10.5 Å². The van der Waals surface area contributed by atoms with E-state index in [4.69, 9.17) is 10.5 Å². The van der Waals surface area contributed by atoms with Crippen LogP contribution in [0, 0.1) is 5.92 Å². The molecule has 0 atom stereocenters. The van der Waals surface area contributed by atoms with Gasteiger partial charge in [-0.2, -0.15) is 5.10 Å². The zero-order valence-corrected chi connectivity index (χ0v) is 12.5. The Bertz CT molecular complexity index is 634. The molecule has 0 fully saturated rings. The molecule has 0 saturated heterocycles. The van der Waals surface area contributed by atoms with Crippen molar-refractivity contribution in [3.8, 4) is 5.75 Å². The van der Waals surface area contributed by atoms with Crippen LogP contribution in [0.2, 0.25) is 0 Å². The highest BCUT2D eigenvalue weighted by Gasteiger charge is 2.12. The standard InChI is InChI=1S/C15H20N4O2/c1-10(2)7-19-15(17-9-18-19)8-21-14-5-4-12(16)6-13(14)11(3)20/h4-6,9-10H,7-8,16H2,1-3H3. The molecule has 1 aromatic carbocycles. The van der Waals surface area contributed by atoms with Gasteiger partial charge in [0.2, 0.25) is 0 Å². The number of hydrogen-bond donors (Lipinski definition) is 1. The van der Waals surface area contributed by atoms with Crippen LogP contribution in [-0.2, 0) is 13.2 Å². The molecule has 0 aliphatic heterocycles. The number of ether oxygens (including phenoxy) is 1. The van der Waals surface area contributed by atoms with Gasteiger partial charge in [0.05, 0.1) is 5.56 Å². The van der Waals surface area contributed by atoms with E-state index in [-0.39, 0.29) is 12.4 Å². The SMILES string of the molecule is CC(=O)c1cc(N)ccc1OCc1ncnn1CC(C)C. The number of Topliss-reactive ketones (excluding diaryl/α,β-unsaturated/α-hetero) is 1. The molecule has 0 aliphatic carbocycles. The maximum Gasteiger partial charge on any atom is 0.164 e. The topological polar surface area (TPSA) is 83.0 Å². The van der Waals surface area contributed by atoms with Gasteiger partial charge in [-0.1, -0.05) is 13.8 Å². The van der Waals surface area contributed by atoms with Crippen LogP contribution in [0.4, 0.5) is 5.69 Å². The molecule has 0 radical (unpaired) electrons. The van der Waals surface area contributed by atoms with Gasteiger partial charge in [0.1, 0.15) is 18.7 Å². The molecular formula is C15H20N4O2. The van der Waals surface area contributed by atoms with Gasteiger partial charge >= 0.3 is 0 Å². The number of nitrogens with two attached hydrogens (primary N) is 1. The molecule has 6 nitrogen and oxygen atoms in total. The first kappa shape index (κ1) is 15.0. The first-order valence-electron chi connectivity index (χ1n) is 6.87. The van der Waals surface area contributed by atoms with Crippen molar-refractivity contribution < 1.29 is 9.53 Å². The van der Waals surface area contributed by atoms with Crippen molar-refractivity contribution >= 4 is 11.5 Å². The fourth-order valence-electron chi connectivity index (χ4n) is 1.99.